The SMILES string of the molecule is CCC1(CC)C(NC2CC(C)C2)CC1OC. The molecule has 2 saturated carbocycles. The van der Waals surface area contributed by atoms with E-state index in [-0.39, 0.29) is 0 Å². The monoisotopic (exact) mass is 225 g/mol. The summed E-state index contributed by atoms with van der Waals surface area (Å²) in [7, 11) is 1.87. The van der Waals surface area contributed by atoms with Crippen LogP contribution in [0.4, 0.5) is 0 Å². The molecule has 2 fully saturated rings. The molecule has 0 bridgehead atoms. The lowest BCUT2D eigenvalue weighted by Gasteiger charge is -2.57. The highest BCUT2D eigenvalue weighted by atomic mass is 16.5. The third-order valence-corrected chi connectivity index (χ3v) is 5.20. The van der Waals surface area contributed by atoms with Gasteiger partial charge in [0.25, 0.3) is 0 Å². The van der Waals surface area contributed by atoms with Gasteiger partial charge in [-0.1, -0.05) is 20.8 Å². The maximum atomic E-state index is 5.63. The summed E-state index contributed by atoms with van der Waals surface area (Å²) in [5, 5.41) is 3.86. The largest absolute Gasteiger partial charge is 0.381 e. The first-order chi connectivity index (χ1) is 7.66. The van der Waals surface area contributed by atoms with E-state index in [1.54, 1.807) is 0 Å². The average Bonchev–Trinajstić information content (AvgIpc) is 2.22. The van der Waals surface area contributed by atoms with Gasteiger partial charge in [-0.15, -0.1) is 0 Å². The van der Waals surface area contributed by atoms with Gasteiger partial charge in [0.1, 0.15) is 0 Å². The summed E-state index contributed by atoms with van der Waals surface area (Å²) in [4.78, 5) is 0. The minimum Gasteiger partial charge on any atom is -0.381 e. The van der Waals surface area contributed by atoms with Gasteiger partial charge in [0.15, 0.2) is 0 Å². The molecule has 0 aromatic rings. The zero-order valence-corrected chi connectivity index (χ0v) is 11.3. The predicted molar refractivity (Wildman–Crippen MR) is 67.5 cm³/mol. The topological polar surface area (TPSA) is 21.3 Å². The Labute approximate surface area is 100 Å². The quantitative estimate of drug-likeness (QED) is 0.776. The Morgan fingerprint density at radius 3 is 2.25 bits per heavy atom. The van der Waals surface area contributed by atoms with Crippen molar-refractivity contribution in [3.63, 3.8) is 0 Å². The van der Waals surface area contributed by atoms with Crippen LogP contribution in [0.15, 0.2) is 0 Å². The number of hydrogen-bond acceptors (Lipinski definition) is 2. The summed E-state index contributed by atoms with van der Waals surface area (Å²) in [6.07, 6.45) is 6.92. The summed E-state index contributed by atoms with van der Waals surface area (Å²) in [6.45, 7) is 6.98. The highest BCUT2D eigenvalue weighted by molar-refractivity contribution is 5.08. The molecular formula is C14H27NO. The Bertz CT molecular complexity index is 231. The standard InChI is InChI=1S/C14H27NO/c1-5-14(6-2)12(9-13(14)16-4)15-11-7-10(3)8-11/h10-13,15H,5-9H2,1-4H3. The third-order valence-electron chi connectivity index (χ3n) is 5.20. The molecule has 2 unspecified atom stereocenters. The van der Waals surface area contributed by atoms with Crippen LogP contribution in [0.25, 0.3) is 0 Å². The van der Waals surface area contributed by atoms with E-state index in [1.807, 2.05) is 7.11 Å². The fraction of sp³-hybridized carbons (Fsp3) is 1.00. The minimum atomic E-state index is 0.410. The Balaban J connectivity index is 1.90. The first kappa shape index (κ1) is 12.4. The van der Waals surface area contributed by atoms with E-state index in [2.05, 4.69) is 26.1 Å². The molecule has 2 aliphatic carbocycles. The molecule has 0 aromatic carbocycles. The molecule has 2 rings (SSSR count). The molecule has 2 nitrogen and oxygen atoms in total. The van der Waals surface area contributed by atoms with Gasteiger partial charge in [-0.3, -0.25) is 0 Å². The number of nitrogens with one attached hydrogen (secondary N) is 1. The van der Waals surface area contributed by atoms with Crippen LogP contribution in [0.1, 0.15) is 52.9 Å². The van der Waals surface area contributed by atoms with Gasteiger partial charge in [-0.05, 0) is 38.0 Å². The number of hydrogen-bond donors (Lipinski definition) is 1. The van der Waals surface area contributed by atoms with Crippen molar-refractivity contribution >= 4 is 0 Å². The van der Waals surface area contributed by atoms with Crippen LogP contribution in [0.2, 0.25) is 0 Å². The molecule has 2 heteroatoms. The number of ether oxygens (including phenoxy) is 1. The third kappa shape index (κ3) is 1.80. The molecule has 0 spiro atoms. The lowest BCUT2D eigenvalue weighted by atomic mass is 9.58. The zero-order valence-electron chi connectivity index (χ0n) is 11.3. The fourth-order valence-corrected chi connectivity index (χ4v) is 3.83. The van der Waals surface area contributed by atoms with Crippen molar-refractivity contribution in [3.8, 4) is 0 Å². The Morgan fingerprint density at radius 1 is 1.19 bits per heavy atom. The summed E-state index contributed by atoms with van der Waals surface area (Å²) >= 11 is 0. The second-order valence-corrected chi connectivity index (χ2v) is 5.89. The Kier molecular flexibility index (Phi) is 3.60. The first-order valence-electron chi connectivity index (χ1n) is 6.95. The average molecular weight is 225 g/mol. The molecule has 94 valence electrons. The lowest BCUT2D eigenvalue weighted by Crippen LogP contribution is -2.65. The van der Waals surface area contributed by atoms with Crippen molar-refractivity contribution in [3.05, 3.63) is 0 Å². The molecule has 0 radical (unpaired) electrons. The van der Waals surface area contributed by atoms with E-state index in [4.69, 9.17) is 4.74 Å². The van der Waals surface area contributed by atoms with E-state index < -0.39 is 0 Å². The van der Waals surface area contributed by atoms with Crippen LogP contribution in [0, 0.1) is 11.3 Å². The molecule has 0 heterocycles. The van der Waals surface area contributed by atoms with E-state index in [9.17, 15) is 0 Å². The lowest BCUT2D eigenvalue weighted by molar-refractivity contribution is -0.129. The van der Waals surface area contributed by atoms with Crippen molar-refractivity contribution in [2.45, 2.75) is 71.1 Å². The van der Waals surface area contributed by atoms with Crippen LogP contribution in [0.3, 0.4) is 0 Å². The smallest absolute Gasteiger partial charge is 0.0657 e. The van der Waals surface area contributed by atoms with Crippen molar-refractivity contribution in [2.24, 2.45) is 11.3 Å². The summed E-state index contributed by atoms with van der Waals surface area (Å²) in [5.74, 6) is 0.938. The molecule has 1 N–H and O–H groups in total. The molecule has 2 aliphatic rings. The van der Waals surface area contributed by atoms with Gasteiger partial charge in [0, 0.05) is 24.6 Å². The molecule has 0 saturated heterocycles. The normalized spacial score (nSPS) is 41.2. The van der Waals surface area contributed by atoms with Gasteiger partial charge in [0.2, 0.25) is 0 Å². The van der Waals surface area contributed by atoms with Crippen molar-refractivity contribution in [2.75, 3.05) is 7.11 Å². The first-order valence-corrected chi connectivity index (χ1v) is 6.95. The second-order valence-electron chi connectivity index (χ2n) is 5.89. The van der Waals surface area contributed by atoms with Crippen molar-refractivity contribution in [1.29, 1.82) is 0 Å². The van der Waals surface area contributed by atoms with Gasteiger partial charge in [-0.2, -0.15) is 0 Å². The van der Waals surface area contributed by atoms with Crippen molar-refractivity contribution in [1.82, 2.24) is 5.32 Å². The molecule has 0 amide bonds. The van der Waals surface area contributed by atoms with Crippen LogP contribution in [-0.4, -0.2) is 25.3 Å². The highest BCUT2D eigenvalue weighted by Crippen LogP contribution is 2.49. The minimum absolute atomic E-state index is 0.410. The van der Waals surface area contributed by atoms with Crippen LogP contribution >= 0.6 is 0 Å². The van der Waals surface area contributed by atoms with Crippen molar-refractivity contribution < 1.29 is 4.74 Å². The maximum Gasteiger partial charge on any atom is 0.0657 e. The van der Waals surface area contributed by atoms with E-state index >= 15 is 0 Å². The fourth-order valence-electron chi connectivity index (χ4n) is 3.83. The van der Waals surface area contributed by atoms with Crippen LogP contribution < -0.4 is 5.32 Å². The number of rotatable bonds is 5. The highest BCUT2D eigenvalue weighted by Gasteiger charge is 2.53. The molecular weight excluding hydrogens is 198 g/mol. The second kappa shape index (κ2) is 4.66. The van der Waals surface area contributed by atoms with Crippen LogP contribution in [0.5, 0.6) is 0 Å². The number of methoxy groups -OCH3 is 1. The molecule has 0 aromatic heterocycles. The maximum absolute atomic E-state index is 5.63. The van der Waals surface area contributed by atoms with Gasteiger partial charge < -0.3 is 10.1 Å². The molecule has 16 heavy (non-hydrogen) atoms. The Morgan fingerprint density at radius 2 is 1.81 bits per heavy atom. The van der Waals surface area contributed by atoms with Gasteiger partial charge >= 0.3 is 0 Å². The van der Waals surface area contributed by atoms with Crippen LogP contribution in [-0.2, 0) is 4.74 Å². The van der Waals surface area contributed by atoms with Gasteiger partial charge in [0.05, 0.1) is 6.10 Å². The van der Waals surface area contributed by atoms with E-state index in [1.165, 1.54) is 32.1 Å². The Hall–Kier alpha value is -0.0800. The summed E-state index contributed by atoms with van der Waals surface area (Å²) < 4.78 is 5.63. The molecule has 0 aliphatic heterocycles. The summed E-state index contributed by atoms with van der Waals surface area (Å²) in [6, 6.07) is 1.49. The predicted octanol–water partition coefficient (Wildman–Crippen LogP) is 2.97. The van der Waals surface area contributed by atoms with E-state index in [0.29, 0.717) is 17.6 Å². The molecule has 2 atom stereocenters. The zero-order chi connectivity index (χ0) is 11.8. The summed E-state index contributed by atoms with van der Waals surface area (Å²) in [5.41, 5.74) is 0.410. The van der Waals surface area contributed by atoms with Gasteiger partial charge in [-0.25, -0.2) is 0 Å². The van der Waals surface area contributed by atoms with E-state index in [0.717, 1.165) is 12.0 Å².